The number of rotatable bonds is 9. The van der Waals surface area contributed by atoms with E-state index in [1.54, 1.807) is 42.1 Å². The lowest BCUT2D eigenvalue weighted by Crippen LogP contribution is -2.54. The van der Waals surface area contributed by atoms with Gasteiger partial charge in [-0.2, -0.15) is 0 Å². The maximum Gasteiger partial charge on any atom is 0.264 e. The van der Waals surface area contributed by atoms with Crippen LogP contribution in [0.15, 0.2) is 79.3 Å². The number of imide groups is 2. The molecule has 1 saturated heterocycles. The van der Waals surface area contributed by atoms with E-state index < -0.39 is 35.7 Å². The predicted molar refractivity (Wildman–Crippen MR) is 167 cm³/mol. The molecule has 13 nitrogen and oxygen atoms in total. The van der Waals surface area contributed by atoms with E-state index in [2.05, 4.69) is 37.3 Å². The molecule has 0 spiro atoms. The standard InChI is InChI=1S/C32H26N8O5S/c41-26-11-10-23(30(43)36-26)40-31(44)21-7-3-8-22(28(21)32(40)45)34-15-20-16-39(38-37-20)17-27(42)35-29(19-6-4-12-33-14-19)25-13-18-5-1-2-9-24(18)46-25/h1-9,12-14,16,23,29,34H,10-11,15,17H2,(H,35,42)(H,36,41,43). The van der Waals surface area contributed by atoms with Crippen molar-refractivity contribution in [1.82, 2.24) is 35.5 Å². The number of carbonyl (C=O) groups is 5. The first kappa shape index (κ1) is 29.0. The van der Waals surface area contributed by atoms with E-state index in [4.69, 9.17) is 0 Å². The van der Waals surface area contributed by atoms with Gasteiger partial charge in [0, 0.05) is 34.1 Å². The van der Waals surface area contributed by atoms with Crippen LogP contribution in [0.5, 0.6) is 0 Å². The fourth-order valence-corrected chi connectivity index (χ4v) is 6.85. The van der Waals surface area contributed by atoms with Crippen LogP contribution in [-0.4, -0.2) is 60.5 Å². The summed E-state index contributed by atoms with van der Waals surface area (Å²) >= 11 is 1.61. The van der Waals surface area contributed by atoms with E-state index in [0.717, 1.165) is 25.4 Å². The van der Waals surface area contributed by atoms with Gasteiger partial charge in [-0.3, -0.25) is 39.2 Å². The molecular formula is C32H26N8O5S. The Morgan fingerprint density at radius 2 is 1.91 bits per heavy atom. The largest absolute Gasteiger partial charge is 0.379 e. The average molecular weight is 635 g/mol. The van der Waals surface area contributed by atoms with Crippen LogP contribution in [0.3, 0.4) is 0 Å². The number of pyridine rings is 1. The summed E-state index contributed by atoms with van der Waals surface area (Å²) < 4.78 is 2.54. The smallest absolute Gasteiger partial charge is 0.264 e. The van der Waals surface area contributed by atoms with Gasteiger partial charge in [-0.05, 0) is 47.7 Å². The van der Waals surface area contributed by atoms with Crippen molar-refractivity contribution in [2.75, 3.05) is 5.32 Å². The number of anilines is 1. The van der Waals surface area contributed by atoms with E-state index in [-0.39, 0.29) is 43.0 Å². The van der Waals surface area contributed by atoms with Crippen molar-refractivity contribution < 1.29 is 24.0 Å². The number of hydrogen-bond donors (Lipinski definition) is 3. The van der Waals surface area contributed by atoms with Gasteiger partial charge in [0.05, 0.1) is 29.9 Å². The summed E-state index contributed by atoms with van der Waals surface area (Å²) in [6.45, 7) is 0.0708. The van der Waals surface area contributed by atoms with Crippen LogP contribution in [0, 0.1) is 0 Å². The van der Waals surface area contributed by atoms with Crippen LogP contribution in [0.1, 0.15) is 55.7 Å². The molecule has 5 aromatic rings. The molecule has 0 saturated carbocycles. The minimum absolute atomic E-state index is 0.0395. The van der Waals surface area contributed by atoms with E-state index in [1.165, 1.54) is 10.7 Å². The Kier molecular flexibility index (Phi) is 7.54. The molecule has 7 rings (SSSR count). The first-order valence-corrected chi connectivity index (χ1v) is 15.3. The number of nitrogens with zero attached hydrogens (tertiary/aromatic N) is 5. The van der Waals surface area contributed by atoms with Crippen LogP contribution < -0.4 is 16.0 Å². The van der Waals surface area contributed by atoms with Gasteiger partial charge < -0.3 is 10.6 Å². The molecule has 5 amide bonds. The molecule has 2 unspecified atom stereocenters. The monoisotopic (exact) mass is 634 g/mol. The number of fused-ring (bicyclic) bond motifs is 2. The molecule has 2 aliphatic rings. The molecule has 0 bridgehead atoms. The summed E-state index contributed by atoms with van der Waals surface area (Å²) in [6, 6.07) is 17.2. The molecule has 3 N–H and O–H groups in total. The highest BCUT2D eigenvalue weighted by Crippen LogP contribution is 2.34. The molecule has 2 aromatic carbocycles. The molecule has 46 heavy (non-hydrogen) atoms. The summed E-state index contributed by atoms with van der Waals surface area (Å²) in [5, 5.41) is 17.8. The van der Waals surface area contributed by atoms with E-state index >= 15 is 0 Å². The number of carbonyl (C=O) groups excluding carboxylic acids is 5. The molecule has 1 fully saturated rings. The minimum Gasteiger partial charge on any atom is -0.379 e. The first-order valence-electron chi connectivity index (χ1n) is 14.5. The molecule has 5 heterocycles. The van der Waals surface area contributed by atoms with Gasteiger partial charge in [0.15, 0.2) is 0 Å². The van der Waals surface area contributed by atoms with Crippen molar-refractivity contribution in [3.8, 4) is 0 Å². The van der Waals surface area contributed by atoms with Gasteiger partial charge in [0.2, 0.25) is 17.7 Å². The van der Waals surface area contributed by atoms with Gasteiger partial charge in [0.1, 0.15) is 18.3 Å². The van der Waals surface area contributed by atoms with Gasteiger partial charge in [-0.15, -0.1) is 16.4 Å². The van der Waals surface area contributed by atoms with Crippen molar-refractivity contribution >= 4 is 56.6 Å². The second kappa shape index (κ2) is 12.0. The molecule has 2 atom stereocenters. The Labute approximate surface area is 265 Å². The van der Waals surface area contributed by atoms with Gasteiger partial charge in [-0.25, -0.2) is 4.68 Å². The molecule has 230 valence electrons. The van der Waals surface area contributed by atoms with Gasteiger partial charge in [0.25, 0.3) is 11.8 Å². The van der Waals surface area contributed by atoms with Crippen molar-refractivity contribution in [3.63, 3.8) is 0 Å². The maximum absolute atomic E-state index is 13.4. The molecule has 0 radical (unpaired) electrons. The third kappa shape index (κ3) is 5.49. The Morgan fingerprint density at radius 3 is 2.72 bits per heavy atom. The van der Waals surface area contributed by atoms with Crippen molar-refractivity contribution in [1.29, 1.82) is 0 Å². The Morgan fingerprint density at radius 1 is 1.04 bits per heavy atom. The number of nitrogens with one attached hydrogen (secondary N) is 3. The number of benzene rings is 2. The minimum atomic E-state index is -1.05. The zero-order valence-corrected chi connectivity index (χ0v) is 25.0. The van der Waals surface area contributed by atoms with Crippen LogP contribution in [-0.2, 0) is 27.5 Å². The lowest BCUT2D eigenvalue weighted by molar-refractivity contribution is -0.136. The van der Waals surface area contributed by atoms with Crippen molar-refractivity contribution in [2.45, 2.75) is 38.0 Å². The van der Waals surface area contributed by atoms with Crippen LogP contribution in [0.25, 0.3) is 10.1 Å². The van der Waals surface area contributed by atoms with Crippen LogP contribution in [0.4, 0.5) is 5.69 Å². The number of hydrogen-bond acceptors (Lipinski definition) is 10. The summed E-state index contributed by atoms with van der Waals surface area (Å²) in [7, 11) is 0. The van der Waals surface area contributed by atoms with Gasteiger partial charge >= 0.3 is 0 Å². The van der Waals surface area contributed by atoms with E-state index in [9.17, 15) is 24.0 Å². The van der Waals surface area contributed by atoms with Crippen LogP contribution in [0.2, 0.25) is 0 Å². The molecule has 2 aliphatic heterocycles. The predicted octanol–water partition coefficient (Wildman–Crippen LogP) is 2.81. The highest BCUT2D eigenvalue weighted by Gasteiger charge is 2.45. The second-order valence-electron chi connectivity index (χ2n) is 10.9. The highest BCUT2D eigenvalue weighted by atomic mass is 32.1. The van der Waals surface area contributed by atoms with Crippen molar-refractivity contribution in [2.24, 2.45) is 0 Å². The highest BCUT2D eigenvalue weighted by molar-refractivity contribution is 7.19. The molecule has 14 heteroatoms. The Balaban J connectivity index is 1.03. The summed E-state index contributed by atoms with van der Waals surface area (Å²) in [5.41, 5.74) is 2.05. The summed E-state index contributed by atoms with van der Waals surface area (Å²) in [5.74, 6) is -2.57. The van der Waals surface area contributed by atoms with Gasteiger partial charge in [-0.1, -0.05) is 35.5 Å². The summed E-state index contributed by atoms with van der Waals surface area (Å²) in [4.78, 5) is 69.8. The fourth-order valence-electron chi connectivity index (χ4n) is 5.71. The SMILES string of the molecule is O=C1CCC(N2C(=O)c3cccc(NCc4cn(CC(=O)NC(c5cccnc5)c5cc6ccccc6s5)nn4)c3C2=O)C(=O)N1. The number of piperidine rings is 1. The number of aromatic nitrogens is 4. The normalized spacial score (nSPS) is 16.8. The Hall–Kier alpha value is -5.76. The Bertz CT molecular complexity index is 1990. The topological polar surface area (TPSA) is 168 Å². The maximum atomic E-state index is 13.4. The average Bonchev–Trinajstić information content (AvgIpc) is 3.76. The van der Waals surface area contributed by atoms with Crippen LogP contribution >= 0.6 is 11.3 Å². The lowest BCUT2D eigenvalue weighted by Gasteiger charge is -2.27. The number of thiophene rings is 1. The third-order valence-corrected chi connectivity index (χ3v) is 9.05. The molecular weight excluding hydrogens is 608 g/mol. The first-order chi connectivity index (χ1) is 22.4. The molecule has 0 aliphatic carbocycles. The van der Waals surface area contributed by atoms with E-state index in [0.29, 0.717) is 11.4 Å². The fraction of sp³-hybridized carbons (Fsp3) is 0.188. The zero-order valence-electron chi connectivity index (χ0n) is 24.2. The number of amides is 5. The van der Waals surface area contributed by atoms with E-state index in [1.807, 2.05) is 36.4 Å². The summed E-state index contributed by atoms with van der Waals surface area (Å²) in [6.07, 6.45) is 5.15. The second-order valence-corrected chi connectivity index (χ2v) is 12.0. The zero-order chi connectivity index (χ0) is 31.8. The lowest BCUT2D eigenvalue weighted by atomic mass is 10.0. The van der Waals surface area contributed by atoms with Crippen molar-refractivity contribution in [3.05, 3.63) is 107 Å². The molecule has 3 aromatic heterocycles. The quantitative estimate of drug-likeness (QED) is 0.207. The third-order valence-electron chi connectivity index (χ3n) is 7.87.